The molecule has 1 spiro atoms. The van der Waals surface area contributed by atoms with E-state index in [1.54, 1.807) is 0 Å². The van der Waals surface area contributed by atoms with E-state index in [9.17, 15) is 0 Å². The molecule has 27 heavy (non-hydrogen) atoms. The molecule has 3 heterocycles. The van der Waals surface area contributed by atoms with Gasteiger partial charge in [0.1, 0.15) is 5.75 Å². The topological polar surface area (TPSA) is 87.7 Å². The minimum absolute atomic E-state index is 0.193. The fourth-order valence-corrected chi connectivity index (χ4v) is 3.75. The van der Waals surface area contributed by atoms with Gasteiger partial charge in [-0.1, -0.05) is 11.2 Å². The van der Waals surface area contributed by atoms with Gasteiger partial charge in [0.2, 0.25) is 0 Å². The monoisotopic (exact) mass is 373 g/mol. The van der Waals surface area contributed by atoms with Gasteiger partial charge in [0.05, 0.1) is 19.3 Å². The van der Waals surface area contributed by atoms with E-state index in [0.717, 1.165) is 43.2 Å². The van der Waals surface area contributed by atoms with E-state index in [2.05, 4.69) is 21.2 Å². The Morgan fingerprint density at radius 3 is 2.63 bits per heavy atom. The van der Waals surface area contributed by atoms with Crippen LogP contribution in [0.2, 0.25) is 0 Å². The summed E-state index contributed by atoms with van der Waals surface area (Å²) in [6.07, 6.45) is 1.75. The highest BCUT2D eigenvalue weighted by Gasteiger charge is 2.39. The third-order valence-electron chi connectivity index (χ3n) is 5.20. The molecule has 0 radical (unpaired) electrons. The van der Waals surface area contributed by atoms with Crippen molar-refractivity contribution in [1.29, 1.82) is 0 Å². The van der Waals surface area contributed by atoms with E-state index in [0.29, 0.717) is 25.8 Å². The molecule has 1 aromatic carbocycles. The van der Waals surface area contributed by atoms with Gasteiger partial charge in [-0.3, -0.25) is 4.57 Å². The third-order valence-corrected chi connectivity index (χ3v) is 5.20. The Morgan fingerprint density at radius 1 is 1.22 bits per heavy atom. The number of hydrogen-bond donors (Lipinski definition) is 1. The molecule has 0 aliphatic carbocycles. The summed E-state index contributed by atoms with van der Waals surface area (Å²) in [6, 6.07) is 8.33. The molecule has 2 N–H and O–H groups in total. The molecule has 8 nitrogen and oxygen atoms in total. The second-order valence-corrected chi connectivity index (χ2v) is 7.07. The third kappa shape index (κ3) is 3.65. The van der Waals surface area contributed by atoms with Gasteiger partial charge in [-0.15, -0.1) is 5.10 Å². The summed E-state index contributed by atoms with van der Waals surface area (Å²) in [6.45, 7) is 7.80. The van der Waals surface area contributed by atoms with Crippen LogP contribution in [0, 0.1) is 0 Å². The van der Waals surface area contributed by atoms with Gasteiger partial charge >= 0.3 is 6.01 Å². The second-order valence-electron chi connectivity index (χ2n) is 7.07. The van der Waals surface area contributed by atoms with Gasteiger partial charge < -0.3 is 24.8 Å². The first-order valence-corrected chi connectivity index (χ1v) is 9.60. The normalized spacial score (nSPS) is 20.2. The molecule has 0 amide bonds. The predicted molar refractivity (Wildman–Crippen MR) is 101 cm³/mol. The summed E-state index contributed by atoms with van der Waals surface area (Å²) in [5, 5.41) is 8.32. The van der Waals surface area contributed by atoms with Crippen molar-refractivity contribution in [1.82, 2.24) is 14.8 Å². The zero-order chi connectivity index (χ0) is 18.9. The zero-order valence-electron chi connectivity index (χ0n) is 15.9. The van der Waals surface area contributed by atoms with Crippen molar-refractivity contribution in [2.45, 2.75) is 45.1 Å². The summed E-state index contributed by atoms with van der Waals surface area (Å²) in [5.74, 6) is 1.10. The Bertz CT molecular complexity index is 775. The quantitative estimate of drug-likeness (QED) is 0.861. The van der Waals surface area contributed by atoms with Gasteiger partial charge in [0, 0.05) is 44.2 Å². The second kappa shape index (κ2) is 7.46. The van der Waals surface area contributed by atoms with Crippen molar-refractivity contribution in [3.63, 3.8) is 0 Å². The summed E-state index contributed by atoms with van der Waals surface area (Å²) in [4.78, 5) is 2.33. The van der Waals surface area contributed by atoms with Gasteiger partial charge in [0.15, 0.2) is 11.6 Å². The number of ether oxygens (including phenoxy) is 3. The first-order valence-electron chi connectivity index (χ1n) is 9.60. The number of aromatic nitrogens is 3. The molecule has 2 fully saturated rings. The molecule has 0 bridgehead atoms. The first kappa shape index (κ1) is 18.2. The molecule has 8 heteroatoms. The molecular formula is C19H27N5O3. The predicted octanol–water partition coefficient (Wildman–Crippen LogP) is 2.45. The minimum Gasteiger partial charge on any atom is -0.424 e. The highest BCUT2D eigenvalue weighted by molar-refractivity contribution is 5.51. The van der Waals surface area contributed by atoms with E-state index >= 15 is 0 Å². The van der Waals surface area contributed by atoms with E-state index < -0.39 is 0 Å². The highest BCUT2D eigenvalue weighted by atomic mass is 16.7. The lowest BCUT2D eigenvalue weighted by Gasteiger charge is -2.38. The van der Waals surface area contributed by atoms with Crippen LogP contribution in [-0.4, -0.2) is 46.9 Å². The van der Waals surface area contributed by atoms with Gasteiger partial charge in [0.25, 0.3) is 0 Å². The maximum absolute atomic E-state index is 6.01. The Labute approximate surface area is 159 Å². The summed E-state index contributed by atoms with van der Waals surface area (Å²) in [7, 11) is 0. The average molecular weight is 373 g/mol. The van der Waals surface area contributed by atoms with Gasteiger partial charge in [-0.25, -0.2) is 0 Å². The van der Waals surface area contributed by atoms with Crippen LogP contribution in [0.1, 0.15) is 38.6 Å². The van der Waals surface area contributed by atoms with Crippen LogP contribution in [-0.2, 0) is 16.0 Å². The molecule has 146 valence electrons. The van der Waals surface area contributed by atoms with Crippen molar-refractivity contribution in [2.24, 2.45) is 5.73 Å². The molecule has 2 saturated heterocycles. The van der Waals surface area contributed by atoms with Crippen LogP contribution in [0.3, 0.4) is 0 Å². The molecule has 2 aromatic rings. The Balaban J connectivity index is 1.47. The average Bonchev–Trinajstić information content (AvgIpc) is 3.30. The molecule has 1 unspecified atom stereocenters. The largest absolute Gasteiger partial charge is 0.424 e. The van der Waals surface area contributed by atoms with Crippen molar-refractivity contribution in [3.05, 3.63) is 30.1 Å². The number of piperidine rings is 1. The smallest absolute Gasteiger partial charge is 0.322 e. The van der Waals surface area contributed by atoms with Crippen LogP contribution in [0.25, 0.3) is 0 Å². The lowest BCUT2D eigenvalue weighted by Crippen LogP contribution is -2.45. The number of nitrogens with zero attached hydrogens (tertiary/aromatic N) is 4. The summed E-state index contributed by atoms with van der Waals surface area (Å²) >= 11 is 0. The van der Waals surface area contributed by atoms with E-state index in [1.807, 2.05) is 36.6 Å². The highest BCUT2D eigenvalue weighted by Crippen LogP contribution is 2.34. The number of anilines is 1. The fraction of sp³-hybridized carbons (Fsp3) is 0.579. The molecule has 4 rings (SSSR count). The van der Waals surface area contributed by atoms with Crippen LogP contribution in [0.4, 0.5) is 5.69 Å². The van der Waals surface area contributed by atoms with Crippen molar-refractivity contribution < 1.29 is 14.2 Å². The Kier molecular flexibility index (Phi) is 5.03. The fourth-order valence-electron chi connectivity index (χ4n) is 3.75. The van der Waals surface area contributed by atoms with Gasteiger partial charge in [-0.2, -0.15) is 0 Å². The van der Waals surface area contributed by atoms with Crippen LogP contribution in [0.5, 0.6) is 11.8 Å². The zero-order valence-corrected chi connectivity index (χ0v) is 15.9. The van der Waals surface area contributed by atoms with E-state index in [4.69, 9.17) is 19.9 Å². The standard InChI is InChI=1S/C19H27N5O3/c1-3-24-17(14(2)20)21-22-18(24)27-16-6-4-5-15(13-16)23-9-7-19(8-10-23)25-11-12-26-19/h4-6,13-14H,3,7-12,20H2,1-2H3. The van der Waals surface area contributed by atoms with Gasteiger partial charge in [-0.05, 0) is 26.0 Å². The maximum atomic E-state index is 6.01. The molecule has 1 aromatic heterocycles. The number of rotatable bonds is 5. The summed E-state index contributed by atoms with van der Waals surface area (Å²) in [5.41, 5.74) is 7.08. The molecule has 2 aliphatic rings. The lowest BCUT2D eigenvalue weighted by atomic mass is 10.0. The van der Waals surface area contributed by atoms with Crippen molar-refractivity contribution in [3.8, 4) is 11.8 Å². The molecule has 0 saturated carbocycles. The Hall–Kier alpha value is -2.16. The number of nitrogens with two attached hydrogens (primary N) is 1. The van der Waals surface area contributed by atoms with E-state index in [1.165, 1.54) is 0 Å². The minimum atomic E-state index is -0.364. The molecular weight excluding hydrogens is 346 g/mol. The van der Waals surface area contributed by atoms with Crippen molar-refractivity contribution >= 4 is 5.69 Å². The maximum Gasteiger partial charge on any atom is 0.322 e. The Morgan fingerprint density at radius 2 is 1.96 bits per heavy atom. The SMILES string of the molecule is CCn1c(Oc2cccc(N3CCC4(CC3)OCCO4)c2)nnc1C(C)N. The van der Waals surface area contributed by atoms with Crippen LogP contribution in [0.15, 0.2) is 24.3 Å². The number of benzene rings is 1. The molecule has 1 atom stereocenters. The molecule has 2 aliphatic heterocycles. The van der Waals surface area contributed by atoms with E-state index in [-0.39, 0.29) is 11.8 Å². The number of hydrogen-bond acceptors (Lipinski definition) is 7. The first-order chi connectivity index (χ1) is 13.1. The van der Waals surface area contributed by atoms with Crippen LogP contribution >= 0.6 is 0 Å². The summed E-state index contributed by atoms with van der Waals surface area (Å²) < 4.78 is 19.5. The van der Waals surface area contributed by atoms with Crippen molar-refractivity contribution in [2.75, 3.05) is 31.2 Å². The van der Waals surface area contributed by atoms with Crippen LogP contribution < -0.4 is 15.4 Å². The lowest BCUT2D eigenvalue weighted by molar-refractivity contribution is -0.169.